The van der Waals surface area contributed by atoms with Gasteiger partial charge in [-0.2, -0.15) is 5.10 Å². The Hall–Kier alpha value is -1.17. The minimum atomic E-state index is -1.00. The van der Waals surface area contributed by atoms with E-state index in [0.717, 1.165) is 25.7 Å². The van der Waals surface area contributed by atoms with E-state index in [-0.39, 0.29) is 10.8 Å². The Kier molecular flexibility index (Phi) is 4.16. The van der Waals surface area contributed by atoms with Crippen molar-refractivity contribution in [2.45, 2.75) is 43.1 Å². The van der Waals surface area contributed by atoms with E-state index in [1.54, 1.807) is 7.05 Å². The molecule has 0 spiro atoms. The molecule has 0 bridgehead atoms. The molecule has 1 heterocycles. The van der Waals surface area contributed by atoms with Gasteiger partial charge in [0.25, 0.3) is 0 Å². The van der Waals surface area contributed by atoms with Crippen LogP contribution in [0.15, 0.2) is 6.20 Å². The lowest BCUT2D eigenvalue weighted by Gasteiger charge is -2.21. The number of carboxylic acids is 1. The van der Waals surface area contributed by atoms with Gasteiger partial charge in [-0.25, -0.2) is 4.79 Å². The second-order valence-corrected chi connectivity index (χ2v) is 6.44. The Bertz CT molecular complexity index is 464. The summed E-state index contributed by atoms with van der Waals surface area (Å²) in [6.45, 7) is 0. The molecule has 1 atom stereocenters. The molecule has 0 aromatic carbocycles. The van der Waals surface area contributed by atoms with Crippen LogP contribution in [-0.4, -0.2) is 30.3 Å². The third-order valence-electron chi connectivity index (χ3n) is 3.49. The van der Waals surface area contributed by atoms with Gasteiger partial charge in [-0.3, -0.25) is 8.89 Å². The molecule has 0 radical (unpaired) electrons. The van der Waals surface area contributed by atoms with Crippen LogP contribution >= 0.6 is 0 Å². The summed E-state index contributed by atoms with van der Waals surface area (Å²) in [5, 5.41) is 13.2. The van der Waals surface area contributed by atoms with Gasteiger partial charge in [0.1, 0.15) is 5.56 Å². The van der Waals surface area contributed by atoms with E-state index in [1.165, 1.54) is 17.3 Å². The highest BCUT2D eigenvalue weighted by Crippen LogP contribution is 2.24. The Morgan fingerprint density at radius 2 is 2.17 bits per heavy atom. The van der Waals surface area contributed by atoms with Crippen molar-refractivity contribution in [1.82, 2.24) is 9.78 Å². The number of rotatable bonds is 4. The quantitative estimate of drug-likeness (QED) is 0.904. The van der Waals surface area contributed by atoms with Crippen LogP contribution in [0.4, 0.5) is 0 Å². The molecule has 1 unspecified atom stereocenters. The van der Waals surface area contributed by atoms with Gasteiger partial charge >= 0.3 is 5.97 Å². The number of aromatic carboxylic acids is 1. The molecule has 1 fully saturated rings. The molecule has 1 aliphatic rings. The van der Waals surface area contributed by atoms with Crippen LogP contribution < -0.4 is 0 Å². The fraction of sp³-hybridized carbons (Fsp3) is 0.667. The van der Waals surface area contributed by atoms with Crippen LogP contribution in [0.3, 0.4) is 0 Å². The van der Waals surface area contributed by atoms with Crippen molar-refractivity contribution in [3.8, 4) is 0 Å². The average molecular weight is 270 g/mol. The van der Waals surface area contributed by atoms with Crippen molar-refractivity contribution in [2.24, 2.45) is 7.05 Å². The van der Waals surface area contributed by atoms with Crippen molar-refractivity contribution in [3.63, 3.8) is 0 Å². The van der Waals surface area contributed by atoms with Crippen molar-refractivity contribution in [2.75, 3.05) is 0 Å². The summed E-state index contributed by atoms with van der Waals surface area (Å²) < 4.78 is 13.8. The van der Waals surface area contributed by atoms with Gasteiger partial charge in [-0.15, -0.1) is 0 Å². The lowest BCUT2D eigenvalue weighted by molar-refractivity contribution is 0.0696. The molecule has 2 rings (SSSR count). The zero-order valence-electron chi connectivity index (χ0n) is 10.5. The highest BCUT2D eigenvalue weighted by atomic mass is 32.2. The van der Waals surface area contributed by atoms with Crippen LogP contribution in [0, 0.1) is 0 Å². The molecule has 18 heavy (non-hydrogen) atoms. The Balaban J connectivity index is 2.10. The SMILES string of the molecule is Cn1ncc(C(=O)O)c1CS(=O)C1CCCCC1. The van der Waals surface area contributed by atoms with E-state index < -0.39 is 16.8 Å². The van der Waals surface area contributed by atoms with Crippen LogP contribution in [0.5, 0.6) is 0 Å². The topological polar surface area (TPSA) is 72.2 Å². The summed E-state index contributed by atoms with van der Waals surface area (Å²) in [7, 11) is 0.697. The van der Waals surface area contributed by atoms with E-state index in [4.69, 9.17) is 5.11 Å². The molecule has 1 aliphatic carbocycles. The molecule has 100 valence electrons. The smallest absolute Gasteiger partial charge is 0.339 e. The maximum absolute atomic E-state index is 12.3. The molecule has 0 saturated heterocycles. The monoisotopic (exact) mass is 270 g/mol. The largest absolute Gasteiger partial charge is 0.478 e. The molecule has 1 aromatic rings. The number of carboxylic acid groups (broad SMARTS) is 1. The average Bonchev–Trinajstić information content (AvgIpc) is 2.72. The normalized spacial score (nSPS) is 18.7. The molecule has 1 saturated carbocycles. The van der Waals surface area contributed by atoms with Crippen LogP contribution in [0.2, 0.25) is 0 Å². The van der Waals surface area contributed by atoms with Gasteiger partial charge in [0.15, 0.2) is 0 Å². The van der Waals surface area contributed by atoms with Gasteiger partial charge in [0.2, 0.25) is 0 Å². The van der Waals surface area contributed by atoms with Crippen molar-refractivity contribution < 1.29 is 14.1 Å². The van der Waals surface area contributed by atoms with E-state index in [0.29, 0.717) is 11.4 Å². The number of carbonyl (C=O) groups is 1. The summed E-state index contributed by atoms with van der Waals surface area (Å²) in [6, 6.07) is 0. The number of aromatic nitrogens is 2. The van der Waals surface area contributed by atoms with E-state index in [1.807, 2.05) is 0 Å². The number of hydrogen-bond acceptors (Lipinski definition) is 3. The summed E-state index contributed by atoms with van der Waals surface area (Å²) in [5.74, 6) is -0.707. The van der Waals surface area contributed by atoms with Crippen LogP contribution in [0.1, 0.15) is 48.2 Å². The Morgan fingerprint density at radius 3 is 2.78 bits per heavy atom. The zero-order valence-corrected chi connectivity index (χ0v) is 11.3. The summed E-state index contributed by atoms with van der Waals surface area (Å²) >= 11 is 0. The molecule has 1 aromatic heterocycles. The van der Waals surface area contributed by atoms with Crippen molar-refractivity contribution >= 4 is 16.8 Å². The summed E-state index contributed by atoms with van der Waals surface area (Å²) in [5.41, 5.74) is 0.730. The first-order valence-electron chi connectivity index (χ1n) is 6.21. The van der Waals surface area contributed by atoms with Gasteiger partial charge < -0.3 is 5.11 Å². The van der Waals surface area contributed by atoms with E-state index >= 15 is 0 Å². The molecule has 0 amide bonds. The summed E-state index contributed by atoms with van der Waals surface area (Å²) in [4.78, 5) is 11.0. The van der Waals surface area contributed by atoms with Crippen LogP contribution in [-0.2, 0) is 23.6 Å². The van der Waals surface area contributed by atoms with Crippen LogP contribution in [0.25, 0.3) is 0 Å². The number of hydrogen-bond donors (Lipinski definition) is 1. The second kappa shape index (κ2) is 5.65. The van der Waals surface area contributed by atoms with E-state index in [9.17, 15) is 9.00 Å². The lowest BCUT2D eigenvalue weighted by Crippen LogP contribution is -2.21. The summed E-state index contributed by atoms with van der Waals surface area (Å²) in [6.07, 6.45) is 6.80. The number of aryl methyl sites for hydroxylation is 1. The predicted octanol–water partition coefficient (Wildman–Crippen LogP) is 1.70. The highest BCUT2D eigenvalue weighted by molar-refractivity contribution is 7.84. The first-order chi connectivity index (χ1) is 8.59. The molecule has 1 N–H and O–H groups in total. The third-order valence-corrected chi connectivity index (χ3v) is 5.27. The Morgan fingerprint density at radius 1 is 1.50 bits per heavy atom. The molecule has 0 aliphatic heterocycles. The molecule has 6 heteroatoms. The van der Waals surface area contributed by atoms with Crippen molar-refractivity contribution in [3.05, 3.63) is 17.5 Å². The first-order valence-corrected chi connectivity index (χ1v) is 7.59. The fourth-order valence-electron chi connectivity index (χ4n) is 2.39. The molecular formula is C12H18N2O3S. The van der Waals surface area contributed by atoms with Gasteiger partial charge in [-0.1, -0.05) is 19.3 Å². The van der Waals surface area contributed by atoms with Gasteiger partial charge in [0, 0.05) is 23.1 Å². The van der Waals surface area contributed by atoms with Gasteiger partial charge in [-0.05, 0) is 12.8 Å². The standard InChI is InChI=1S/C12H18N2O3S/c1-14-11(10(7-13-14)12(15)16)8-18(17)9-5-3-2-4-6-9/h7,9H,2-6,8H2,1H3,(H,15,16). The van der Waals surface area contributed by atoms with Gasteiger partial charge in [0.05, 0.1) is 17.6 Å². The minimum absolute atomic E-state index is 0.168. The second-order valence-electron chi connectivity index (χ2n) is 4.72. The van der Waals surface area contributed by atoms with Crippen molar-refractivity contribution in [1.29, 1.82) is 0 Å². The fourth-order valence-corrected chi connectivity index (χ4v) is 4.10. The lowest BCUT2D eigenvalue weighted by atomic mass is 10.0. The first kappa shape index (κ1) is 13.3. The number of nitrogens with zero attached hydrogens (tertiary/aromatic N) is 2. The maximum atomic E-state index is 12.3. The van der Waals surface area contributed by atoms with E-state index in [2.05, 4.69) is 5.10 Å². The third kappa shape index (κ3) is 2.80. The Labute approximate surface area is 109 Å². The molecule has 5 nitrogen and oxygen atoms in total. The molecular weight excluding hydrogens is 252 g/mol. The minimum Gasteiger partial charge on any atom is -0.478 e. The highest BCUT2D eigenvalue weighted by Gasteiger charge is 2.23. The predicted molar refractivity (Wildman–Crippen MR) is 68.9 cm³/mol. The zero-order chi connectivity index (χ0) is 13.1. The maximum Gasteiger partial charge on any atom is 0.339 e.